The van der Waals surface area contributed by atoms with Crippen LogP contribution in [0.2, 0.25) is 10.0 Å². The lowest BCUT2D eigenvalue weighted by molar-refractivity contribution is -0.139. The van der Waals surface area contributed by atoms with Crippen LogP contribution in [-0.2, 0) is 26.2 Å². The average Bonchev–Trinajstić information content (AvgIpc) is 3.52. The average molecular weight is 570 g/mol. The second-order valence-corrected chi connectivity index (χ2v) is 11.9. The van der Waals surface area contributed by atoms with Crippen molar-refractivity contribution in [1.82, 2.24) is 10.2 Å². The summed E-state index contributed by atoms with van der Waals surface area (Å²) >= 11 is 12.7. The van der Waals surface area contributed by atoms with Crippen LogP contribution in [0.25, 0.3) is 0 Å². The number of nitrogens with zero attached hydrogens (tertiary/aromatic N) is 2. The summed E-state index contributed by atoms with van der Waals surface area (Å²) in [6, 6.07) is 8.74. The Morgan fingerprint density at radius 2 is 1.73 bits per heavy atom. The van der Waals surface area contributed by atoms with Crippen molar-refractivity contribution in [2.24, 2.45) is 0 Å². The van der Waals surface area contributed by atoms with E-state index in [9.17, 15) is 18.0 Å². The van der Waals surface area contributed by atoms with E-state index in [1.54, 1.807) is 31.2 Å². The Balaban J connectivity index is 1.63. The van der Waals surface area contributed by atoms with Gasteiger partial charge in [-0.3, -0.25) is 13.9 Å². The van der Waals surface area contributed by atoms with Crippen LogP contribution in [0.4, 0.5) is 5.69 Å². The summed E-state index contributed by atoms with van der Waals surface area (Å²) < 4.78 is 37.2. The van der Waals surface area contributed by atoms with Gasteiger partial charge in [0, 0.05) is 34.3 Å². The van der Waals surface area contributed by atoms with Crippen LogP contribution in [0, 0.1) is 0 Å². The van der Waals surface area contributed by atoms with E-state index < -0.39 is 28.5 Å². The molecule has 1 aliphatic carbocycles. The lowest BCUT2D eigenvalue weighted by Crippen LogP contribution is -2.52. The Hall–Kier alpha value is -2.69. The molecule has 2 aromatic carbocycles. The molecule has 0 radical (unpaired) electrons. The number of rotatable bonds is 9. The molecule has 1 aliphatic heterocycles. The van der Waals surface area contributed by atoms with E-state index in [1.807, 2.05) is 0 Å². The van der Waals surface area contributed by atoms with Gasteiger partial charge in [-0.2, -0.15) is 0 Å². The van der Waals surface area contributed by atoms with E-state index in [4.69, 9.17) is 32.7 Å². The molecule has 12 heteroatoms. The third-order valence-corrected chi connectivity index (χ3v) is 8.43. The molecular formula is C25H29Cl2N3O6S. The largest absolute Gasteiger partial charge is 0.454 e. The van der Waals surface area contributed by atoms with Crippen molar-refractivity contribution in [2.45, 2.75) is 51.2 Å². The third-order valence-electron chi connectivity index (χ3n) is 6.58. The molecule has 9 nitrogen and oxygen atoms in total. The summed E-state index contributed by atoms with van der Waals surface area (Å²) in [4.78, 5) is 28.2. The number of hydrogen-bond acceptors (Lipinski definition) is 6. The smallest absolute Gasteiger partial charge is 0.244 e. The Kier molecular flexibility index (Phi) is 8.40. The summed E-state index contributed by atoms with van der Waals surface area (Å²) in [5, 5.41) is 3.69. The fourth-order valence-corrected chi connectivity index (χ4v) is 5.84. The zero-order valence-electron chi connectivity index (χ0n) is 20.6. The molecule has 37 heavy (non-hydrogen) atoms. The number of benzene rings is 2. The molecule has 2 aromatic rings. The highest BCUT2D eigenvalue weighted by Crippen LogP contribution is 2.36. The molecule has 0 saturated heterocycles. The van der Waals surface area contributed by atoms with E-state index in [2.05, 4.69) is 5.32 Å². The highest BCUT2D eigenvalue weighted by molar-refractivity contribution is 7.92. The number of fused-ring (bicyclic) bond motifs is 1. The normalized spacial score (nSPS) is 15.9. The second-order valence-electron chi connectivity index (χ2n) is 9.19. The zero-order chi connectivity index (χ0) is 26.7. The predicted molar refractivity (Wildman–Crippen MR) is 142 cm³/mol. The summed E-state index contributed by atoms with van der Waals surface area (Å²) in [5.41, 5.74) is 0.701. The SMILES string of the molecule is C[C@@H](C(=O)NC1CCCC1)N(Cc1c(Cl)cccc1Cl)C(=O)CN(c1ccc2c(c1)OCO2)S(C)(=O)=O. The number of sulfonamides is 1. The number of amides is 2. The van der Waals surface area contributed by atoms with Crippen LogP contribution in [0.15, 0.2) is 36.4 Å². The highest BCUT2D eigenvalue weighted by atomic mass is 35.5. The minimum absolute atomic E-state index is 0.0244. The molecule has 2 amide bonds. The quantitative estimate of drug-likeness (QED) is 0.490. The Morgan fingerprint density at radius 3 is 2.38 bits per heavy atom. The van der Waals surface area contributed by atoms with Gasteiger partial charge in [0.25, 0.3) is 0 Å². The van der Waals surface area contributed by atoms with Gasteiger partial charge in [0.2, 0.25) is 28.6 Å². The van der Waals surface area contributed by atoms with Crippen molar-refractivity contribution in [3.63, 3.8) is 0 Å². The molecular weight excluding hydrogens is 541 g/mol. The molecule has 4 rings (SSSR count). The topological polar surface area (TPSA) is 105 Å². The first-order valence-corrected chi connectivity index (χ1v) is 14.5. The Morgan fingerprint density at radius 1 is 1.08 bits per heavy atom. The van der Waals surface area contributed by atoms with Crippen LogP contribution in [0.5, 0.6) is 11.5 Å². The first-order chi connectivity index (χ1) is 17.5. The maximum Gasteiger partial charge on any atom is 0.244 e. The lowest BCUT2D eigenvalue weighted by Gasteiger charge is -2.32. The van der Waals surface area contributed by atoms with Crippen molar-refractivity contribution in [3.8, 4) is 11.5 Å². The number of hydrogen-bond donors (Lipinski definition) is 1. The van der Waals surface area contributed by atoms with Gasteiger partial charge in [0.1, 0.15) is 12.6 Å². The van der Waals surface area contributed by atoms with E-state index in [0.717, 1.165) is 36.2 Å². The van der Waals surface area contributed by atoms with Crippen LogP contribution in [0.3, 0.4) is 0 Å². The van der Waals surface area contributed by atoms with E-state index in [-0.39, 0.29) is 31.0 Å². The molecule has 0 bridgehead atoms. The van der Waals surface area contributed by atoms with Crippen molar-refractivity contribution in [1.29, 1.82) is 0 Å². The van der Waals surface area contributed by atoms with Gasteiger partial charge in [-0.05, 0) is 44.0 Å². The number of anilines is 1. The van der Waals surface area contributed by atoms with Crippen LogP contribution >= 0.6 is 23.2 Å². The molecule has 1 saturated carbocycles. The number of halogens is 2. The second kappa shape index (κ2) is 11.4. The molecule has 0 unspecified atom stereocenters. The van der Waals surface area contributed by atoms with E-state index in [0.29, 0.717) is 27.1 Å². The van der Waals surface area contributed by atoms with Crippen molar-refractivity contribution in [2.75, 3.05) is 23.9 Å². The molecule has 1 fully saturated rings. The standard InChI is InChI=1S/C25H29Cl2N3O6S/c1-16(25(32)28-17-6-3-4-7-17)29(13-19-20(26)8-5-9-21(19)27)24(31)14-30(37(2,33)34)18-10-11-22-23(12-18)36-15-35-22/h5,8-12,16-17H,3-4,6-7,13-15H2,1-2H3,(H,28,32)/t16-/m0/s1. The van der Waals surface area contributed by atoms with Crippen molar-refractivity contribution in [3.05, 3.63) is 52.0 Å². The summed E-state index contributed by atoms with van der Waals surface area (Å²) in [6.45, 7) is 1.02. The monoisotopic (exact) mass is 569 g/mol. The van der Waals surface area contributed by atoms with Crippen LogP contribution in [0.1, 0.15) is 38.2 Å². The summed E-state index contributed by atoms with van der Waals surface area (Å²) in [5.74, 6) is -0.0519. The van der Waals surface area contributed by atoms with Gasteiger partial charge in [-0.25, -0.2) is 8.42 Å². The van der Waals surface area contributed by atoms with E-state index in [1.165, 1.54) is 17.0 Å². The minimum atomic E-state index is -3.88. The third kappa shape index (κ3) is 6.42. The van der Waals surface area contributed by atoms with Crippen molar-refractivity contribution >= 4 is 50.7 Å². The van der Waals surface area contributed by atoms with Crippen LogP contribution < -0.4 is 19.1 Å². The summed E-state index contributed by atoms with van der Waals surface area (Å²) in [7, 11) is -3.88. The number of nitrogens with one attached hydrogen (secondary N) is 1. The van der Waals surface area contributed by atoms with Gasteiger partial charge in [0.15, 0.2) is 11.5 Å². The molecule has 1 N–H and O–H groups in total. The maximum absolute atomic E-state index is 13.7. The number of ether oxygens (including phenoxy) is 2. The minimum Gasteiger partial charge on any atom is -0.454 e. The first kappa shape index (κ1) is 27.3. The fraction of sp³-hybridized carbons (Fsp3) is 0.440. The molecule has 2 aliphatic rings. The predicted octanol–water partition coefficient (Wildman–Crippen LogP) is 3.96. The molecule has 1 heterocycles. The van der Waals surface area contributed by atoms with Gasteiger partial charge < -0.3 is 19.7 Å². The summed E-state index contributed by atoms with van der Waals surface area (Å²) in [6.07, 6.45) is 4.85. The molecule has 0 spiro atoms. The van der Waals surface area contributed by atoms with Crippen molar-refractivity contribution < 1.29 is 27.5 Å². The van der Waals surface area contributed by atoms with Gasteiger partial charge in [-0.15, -0.1) is 0 Å². The Labute approximate surface area is 226 Å². The molecule has 0 aromatic heterocycles. The molecule has 1 atom stereocenters. The lowest BCUT2D eigenvalue weighted by atomic mass is 10.1. The van der Waals surface area contributed by atoms with Gasteiger partial charge in [-0.1, -0.05) is 42.1 Å². The van der Waals surface area contributed by atoms with Gasteiger partial charge >= 0.3 is 0 Å². The molecule has 200 valence electrons. The maximum atomic E-state index is 13.7. The highest BCUT2D eigenvalue weighted by Gasteiger charge is 2.32. The van der Waals surface area contributed by atoms with Crippen LogP contribution in [-0.4, -0.2) is 56.8 Å². The number of carbonyl (C=O) groups excluding carboxylic acids is 2. The van der Waals surface area contributed by atoms with E-state index >= 15 is 0 Å². The number of carbonyl (C=O) groups is 2. The van der Waals surface area contributed by atoms with Gasteiger partial charge in [0.05, 0.1) is 11.9 Å². The zero-order valence-corrected chi connectivity index (χ0v) is 22.9. The fourth-order valence-electron chi connectivity index (χ4n) is 4.48. The Bertz CT molecular complexity index is 1260. The first-order valence-electron chi connectivity index (χ1n) is 11.9.